The number of thioether (sulfide) groups is 2. The molecule has 0 saturated carbocycles. The van der Waals surface area contributed by atoms with Crippen molar-refractivity contribution in [1.82, 2.24) is 5.32 Å². The van der Waals surface area contributed by atoms with E-state index in [4.69, 9.17) is 0 Å². The van der Waals surface area contributed by atoms with Gasteiger partial charge in [-0.1, -0.05) is 6.92 Å². The van der Waals surface area contributed by atoms with E-state index in [-0.39, 0.29) is 11.7 Å². The van der Waals surface area contributed by atoms with Crippen molar-refractivity contribution < 1.29 is 4.79 Å². The van der Waals surface area contributed by atoms with E-state index in [9.17, 15) is 4.79 Å². The molecule has 0 amide bonds. The smallest absolute Gasteiger partial charge is 0.189 e. The van der Waals surface area contributed by atoms with Crippen LogP contribution in [0.25, 0.3) is 0 Å². The largest absolute Gasteiger partial charge is 0.310 e. The number of nitrogens with one attached hydrogen (secondary N) is 1. The number of rotatable bonds is 3. The highest BCUT2D eigenvalue weighted by Gasteiger charge is 2.26. The van der Waals surface area contributed by atoms with Crippen molar-refractivity contribution >= 4 is 37.1 Å². The van der Waals surface area contributed by atoms with Crippen molar-refractivity contribution in [3.8, 4) is 0 Å². The fourth-order valence-electron chi connectivity index (χ4n) is 0.926. The highest BCUT2D eigenvalue weighted by Crippen LogP contribution is 2.27. The molecular formula is C6H12BNOS2. The van der Waals surface area contributed by atoms with Crippen LogP contribution in [0, 0.1) is 0 Å². The van der Waals surface area contributed by atoms with Crippen molar-refractivity contribution in [1.29, 1.82) is 0 Å². The maximum Gasteiger partial charge on any atom is 0.189 e. The lowest BCUT2D eigenvalue weighted by Crippen LogP contribution is -2.35. The molecule has 0 aromatic carbocycles. The Morgan fingerprint density at radius 1 is 1.91 bits per heavy atom. The molecule has 1 N–H and O–H groups in total. The summed E-state index contributed by atoms with van der Waals surface area (Å²) in [5.74, 6) is 2.04. The third kappa shape index (κ3) is 2.73. The van der Waals surface area contributed by atoms with Crippen LogP contribution in [0.4, 0.5) is 0 Å². The van der Waals surface area contributed by atoms with Gasteiger partial charge in [0.1, 0.15) is 10.4 Å². The molecule has 62 valence electrons. The highest BCUT2D eigenvalue weighted by molar-refractivity contribution is 8.17. The molecule has 5 heteroatoms. The second-order valence-corrected chi connectivity index (χ2v) is 5.27. The van der Waals surface area contributed by atoms with Crippen LogP contribution >= 0.6 is 23.5 Å². The molecule has 0 radical (unpaired) electrons. The molecule has 0 spiro atoms. The van der Waals surface area contributed by atoms with Gasteiger partial charge in [0.2, 0.25) is 0 Å². The maximum absolute atomic E-state index is 10.9. The molecule has 0 aromatic heterocycles. The summed E-state index contributed by atoms with van der Waals surface area (Å²) in [5, 5.41) is 3.27. The van der Waals surface area contributed by atoms with Crippen LogP contribution in [-0.2, 0) is 4.79 Å². The minimum atomic E-state index is 0.101. The predicted octanol–water partition coefficient (Wildman–Crippen LogP) is -0.112. The van der Waals surface area contributed by atoms with Crippen LogP contribution in [0.3, 0.4) is 0 Å². The van der Waals surface area contributed by atoms with E-state index in [0.717, 1.165) is 11.5 Å². The molecule has 2 atom stereocenters. The molecule has 2 nitrogen and oxygen atoms in total. The molecular weight excluding hydrogens is 177 g/mol. The van der Waals surface area contributed by atoms with Crippen molar-refractivity contribution in [3.05, 3.63) is 0 Å². The topological polar surface area (TPSA) is 29.1 Å². The molecule has 0 aliphatic carbocycles. The zero-order valence-electron chi connectivity index (χ0n) is 6.79. The summed E-state index contributed by atoms with van der Waals surface area (Å²) in [6, 6.07) is 0.101. The average molecular weight is 189 g/mol. The second-order valence-electron chi connectivity index (χ2n) is 2.45. The molecule has 1 aliphatic heterocycles. The third-order valence-corrected chi connectivity index (χ3v) is 4.11. The summed E-state index contributed by atoms with van der Waals surface area (Å²) in [4.78, 5) is 10.9. The minimum absolute atomic E-state index is 0.101. The van der Waals surface area contributed by atoms with Gasteiger partial charge >= 0.3 is 0 Å². The molecule has 1 rings (SSSR count). The normalized spacial score (nSPS) is 30.6. The first-order chi connectivity index (χ1) is 5.24. The Labute approximate surface area is 76.7 Å². The standard InChI is InChI=1S/C6H12BNOS2/c1-2-10-6-8-4(3-11-6)5(7)9/h4,6,8H,2-3,7H2,1H3. The first kappa shape index (κ1) is 9.48. The molecule has 1 fully saturated rings. The second kappa shape index (κ2) is 4.43. The van der Waals surface area contributed by atoms with Crippen molar-refractivity contribution in [2.24, 2.45) is 0 Å². The van der Waals surface area contributed by atoms with Crippen LogP contribution in [0.15, 0.2) is 0 Å². The van der Waals surface area contributed by atoms with Crippen LogP contribution in [0.5, 0.6) is 0 Å². The molecule has 11 heavy (non-hydrogen) atoms. The molecule has 1 aliphatic rings. The minimum Gasteiger partial charge on any atom is -0.310 e. The van der Waals surface area contributed by atoms with Gasteiger partial charge in [0.15, 0.2) is 7.85 Å². The van der Waals surface area contributed by atoms with Gasteiger partial charge in [-0.2, -0.15) is 0 Å². The van der Waals surface area contributed by atoms with E-state index in [1.54, 1.807) is 7.85 Å². The lowest BCUT2D eigenvalue weighted by Gasteiger charge is -2.08. The number of carbonyl (C=O) groups is 1. The molecule has 1 heterocycles. The summed E-state index contributed by atoms with van der Waals surface area (Å²) < 4.78 is 0.439. The number of hydrogen-bond donors (Lipinski definition) is 1. The Balaban J connectivity index is 2.29. The van der Waals surface area contributed by atoms with E-state index < -0.39 is 0 Å². The average Bonchev–Trinajstić information content (AvgIpc) is 2.37. The van der Waals surface area contributed by atoms with Crippen molar-refractivity contribution in [3.63, 3.8) is 0 Å². The lowest BCUT2D eigenvalue weighted by molar-refractivity contribution is -0.112. The monoisotopic (exact) mass is 189 g/mol. The van der Waals surface area contributed by atoms with Crippen LogP contribution in [0.2, 0.25) is 0 Å². The predicted molar refractivity (Wildman–Crippen MR) is 54.9 cm³/mol. The maximum atomic E-state index is 10.9. The molecule has 0 bridgehead atoms. The number of hydrogen-bond acceptors (Lipinski definition) is 4. The van der Waals surface area contributed by atoms with Gasteiger partial charge in [-0.05, 0) is 5.75 Å². The van der Waals surface area contributed by atoms with Crippen molar-refractivity contribution in [2.75, 3.05) is 11.5 Å². The van der Waals surface area contributed by atoms with Gasteiger partial charge in [-0.15, -0.1) is 23.5 Å². The summed E-state index contributed by atoms with van der Waals surface area (Å²) in [6.45, 7) is 2.13. The first-order valence-corrected chi connectivity index (χ1v) is 5.83. The zero-order chi connectivity index (χ0) is 8.27. The van der Waals surface area contributed by atoms with Crippen molar-refractivity contribution in [2.45, 2.75) is 17.7 Å². The van der Waals surface area contributed by atoms with Crippen LogP contribution in [0.1, 0.15) is 6.92 Å². The van der Waals surface area contributed by atoms with E-state index in [1.807, 2.05) is 23.5 Å². The highest BCUT2D eigenvalue weighted by atomic mass is 32.2. The molecule has 2 unspecified atom stereocenters. The molecule has 0 aromatic rings. The van der Waals surface area contributed by atoms with Gasteiger partial charge < -0.3 is 4.79 Å². The van der Waals surface area contributed by atoms with E-state index >= 15 is 0 Å². The lowest BCUT2D eigenvalue weighted by atomic mass is 9.96. The van der Waals surface area contributed by atoms with E-state index in [1.165, 1.54) is 0 Å². The number of carbonyl (C=O) groups excluding carboxylic acids is 1. The van der Waals surface area contributed by atoms with Gasteiger partial charge in [-0.25, -0.2) is 0 Å². The summed E-state index contributed by atoms with van der Waals surface area (Å²) in [6.07, 6.45) is 0. The zero-order valence-corrected chi connectivity index (χ0v) is 8.43. The molecule has 1 saturated heterocycles. The Hall–Kier alpha value is 0.395. The van der Waals surface area contributed by atoms with E-state index in [0.29, 0.717) is 4.71 Å². The van der Waals surface area contributed by atoms with Gasteiger partial charge in [-0.3, -0.25) is 5.32 Å². The summed E-state index contributed by atoms with van der Waals surface area (Å²) >= 11 is 3.69. The quantitative estimate of drug-likeness (QED) is 0.627. The summed E-state index contributed by atoms with van der Waals surface area (Å²) in [7, 11) is 1.65. The fourth-order valence-corrected chi connectivity index (χ4v) is 3.48. The Kier molecular flexibility index (Phi) is 3.82. The van der Waals surface area contributed by atoms with Gasteiger partial charge in [0.25, 0.3) is 0 Å². The summed E-state index contributed by atoms with van der Waals surface area (Å²) in [5.41, 5.74) is 0.261. The van der Waals surface area contributed by atoms with Gasteiger partial charge in [0.05, 0.1) is 6.04 Å². The Bertz CT molecular complexity index is 156. The Morgan fingerprint density at radius 3 is 3.09 bits per heavy atom. The Morgan fingerprint density at radius 2 is 2.64 bits per heavy atom. The fraction of sp³-hybridized carbons (Fsp3) is 0.833. The third-order valence-electron chi connectivity index (χ3n) is 1.56. The van der Waals surface area contributed by atoms with Crippen LogP contribution < -0.4 is 5.32 Å². The van der Waals surface area contributed by atoms with E-state index in [2.05, 4.69) is 12.2 Å². The SMILES string of the molecule is BC(=O)C1CSC(SCC)N1. The van der Waals surface area contributed by atoms with Crippen LogP contribution in [-0.4, -0.2) is 35.8 Å². The first-order valence-electron chi connectivity index (χ1n) is 3.73. The van der Waals surface area contributed by atoms with Gasteiger partial charge in [0, 0.05) is 5.75 Å².